The third-order valence-electron chi connectivity index (χ3n) is 3.95. The van der Waals surface area contributed by atoms with E-state index < -0.39 is 20.8 Å². The van der Waals surface area contributed by atoms with Crippen molar-refractivity contribution in [2.45, 2.75) is 29.7 Å². The van der Waals surface area contributed by atoms with Crippen molar-refractivity contribution in [3.05, 3.63) is 47.7 Å². The topological polar surface area (TPSA) is 126 Å². The van der Waals surface area contributed by atoms with Crippen molar-refractivity contribution in [3.8, 4) is 0 Å². The number of hydrogen-bond donors (Lipinski definition) is 4. The molecule has 7 nitrogen and oxygen atoms in total. The van der Waals surface area contributed by atoms with Crippen LogP contribution >= 0.6 is 0 Å². The Morgan fingerprint density at radius 3 is 2.57 bits per heavy atom. The fraction of sp³-hybridized carbons (Fsp3) is 0.267. The molecular weight excluding hydrogens is 314 g/mol. The van der Waals surface area contributed by atoms with E-state index in [-0.39, 0.29) is 10.9 Å². The van der Waals surface area contributed by atoms with E-state index in [2.05, 4.69) is 15.3 Å². The molecular formula is C15H19N5O2S. The Labute approximate surface area is 134 Å². The monoisotopic (exact) mass is 333 g/mol. The molecule has 0 aliphatic carbocycles. The van der Waals surface area contributed by atoms with Gasteiger partial charge in [-0.05, 0) is 26.0 Å². The largest absolute Gasteiger partial charge is 0.370 e. The second-order valence-corrected chi connectivity index (χ2v) is 8.23. The van der Waals surface area contributed by atoms with Crippen molar-refractivity contribution >= 4 is 21.6 Å². The van der Waals surface area contributed by atoms with Gasteiger partial charge in [0.15, 0.2) is 15.8 Å². The molecule has 1 aliphatic heterocycles. The number of H-pyrrole nitrogens is 1. The van der Waals surface area contributed by atoms with Crippen LogP contribution in [-0.2, 0) is 15.5 Å². The molecule has 0 saturated heterocycles. The van der Waals surface area contributed by atoms with E-state index in [0.717, 1.165) is 0 Å². The smallest absolute Gasteiger partial charge is 0.197 e. The minimum atomic E-state index is -3.51. The highest BCUT2D eigenvalue weighted by Gasteiger charge is 2.40. The Balaban J connectivity index is 2.27. The number of fused-ring (bicyclic) bond motifs is 1. The van der Waals surface area contributed by atoms with Gasteiger partial charge in [0, 0.05) is 17.3 Å². The van der Waals surface area contributed by atoms with Gasteiger partial charge in [0.2, 0.25) is 0 Å². The molecule has 122 valence electrons. The molecule has 1 atom stereocenters. The molecule has 1 unspecified atom stereocenters. The lowest BCUT2D eigenvalue weighted by Gasteiger charge is -2.35. The summed E-state index contributed by atoms with van der Waals surface area (Å²) in [7, 11) is -3.51. The van der Waals surface area contributed by atoms with Gasteiger partial charge in [-0.15, -0.1) is 0 Å². The fourth-order valence-electron chi connectivity index (χ4n) is 2.70. The lowest BCUT2D eigenvalue weighted by molar-refractivity contribution is 0.478. The Kier molecular flexibility index (Phi) is 3.46. The Morgan fingerprint density at radius 2 is 1.87 bits per heavy atom. The number of sulfone groups is 1. The Hall–Kier alpha value is -2.32. The highest BCUT2D eigenvalue weighted by molar-refractivity contribution is 7.92. The summed E-state index contributed by atoms with van der Waals surface area (Å²) in [5.74, 6) is 0.639. The van der Waals surface area contributed by atoms with Crippen LogP contribution in [0, 0.1) is 0 Å². The van der Waals surface area contributed by atoms with Crippen LogP contribution in [0.25, 0.3) is 0 Å². The molecule has 1 aliphatic rings. The molecule has 23 heavy (non-hydrogen) atoms. The zero-order chi connectivity index (χ0) is 16.8. The molecule has 0 spiro atoms. The first-order chi connectivity index (χ1) is 10.8. The van der Waals surface area contributed by atoms with Crippen LogP contribution < -0.4 is 16.8 Å². The van der Waals surface area contributed by atoms with Crippen LogP contribution in [-0.4, -0.2) is 24.6 Å². The van der Waals surface area contributed by atoms with Gasteiger partial charge in [0.05, 0.1) is 10.1 Å². The SMILES string of the molecule is CC(C)S(=O)(=O)c1ccccc1C1(N)NC(N)=Nc2[nH]ccc21. The molecule has 0 bridgehead atoms. The summed E-state index contributed by atoms with van der Waals surface area (Å²) in [6.45, 7) is 3.28. The number of aromatic amines is 1. The number of rotatable bonds is 3. The summed E-state index contributed by atoms with van der Waals surface area (Å²) in [5.41, 5.74) is 12.2. The van der Waals surface area contributed by atoms with Gasteiger partial charge in [-0.2, -0.15) is 4.99 Å². The van der Waals surface area contributed by atoms with E-state index in [9.17, 15) is 8.42 Å². The average Bonchev–Trinajstić information content (AvgIpc) is 2.96. The molecule has 8 heteroatoms. The van der Waals surface area contributed by atoms with Crippen molar-refractivity contribution in [2.24, 2.45) is 16.5 Å². The van der Waals surface area contributed by atoms with Crippen molar-refractivity contribution < 1.29 is 8.42 Å². The number of aromatic nitrogens is 1. The summed E-state index contributed by atoms with van der Waals surface area (Å²) in [6.07, 6.45) is 1.69. The van der Waals surface area contributed by atoms with Crippen LogP contribution in [0.5, 0.6) is 0 Å². The van der Waals surface area contributed by atoms with Crippen molar-refractivity contribution in [2.75, 3.05) is 0 Å². The third kappa shape index (κ3) is 2.30. The number of aliphatic imine (C=N–C) groups is 1. The molecule has 0 amide bonds. The maximum atomic E-state index is 12.7. The first-order valence-electron chi connectivity index (χ1n) is 7.19. The van der Waals surface area contributed by atoms with E-state index in [0.29, 0.717) is 16.9 Å². The van der Waals surface area contributed by atoms with Crippen LogP contribution in [0.2, 0.25) is 0 Å². The molecule has 2 heterocycles. The predicted octanol–water partition coefficient (Wildman–Crippen LogP) is 0.906. The molecule has 0 fully saturated rings. The van der Waals surface area contributed by atoms with Gasteiger partial charge < -0.3 is 21.8 Å². The maximum absolute atomic E-state index is 12.7. The normalized spacial score (nSPS) is 20.8. The van der Waals surface area contributed by atoms with Crippen LogP contribution in [0.3, 0.4) is 0 Å². The number of nitrogens with one attached hydrogen (secondary N) is 2. The lowest BCUT2D eigenvalue weighted by Crippen LogP contribution is -2.58. The van der Waals surface area contributed by atoms with Crippen molar-refractivity contribution in [1.82, 2.24) is 10.3 Å². The molecule has 3 rings (SSSR count). The Bertz CT molecular complexity index is 885. The average molecular weight is 333 g/mol. The predicted molar refractivity (Wildman–Crippen MR) is 88.9 cm³/mol. The second-order valence-electron chi connectivity index (χ2n) is 5.76. The number of benzene rings is 1. The highest BCUT2D eigenvalue weighted by Crippen LogP contribution is 2.37. The third-order valence-corrected chi connectivity index (χ3v) is 6.16. The van der Waals surface area contributed by atoms with E-state index in [1.54, 1.807) is 50.4 Å². The van der Waals surface area contributed by atoms with Gasteiger partial charge in [0.1, 0.15) is 11.5 Å². The molecule has 1 aromatic carbocycles. The minimum Gasteiger partial charge on any atom is -0.370 e. The van der Waals surface area contributed by atoms with Crippen LogP contribution in [0.15, 0.2) is 46.4 Å². The molecule has 2 aromatic rings. The summed E-state index contributed by atoms with van der Waals surface area (Å²) >= 11 is 0. The zero-order valence-electron chi connectivity index (χ0n) is 12.9. The van der Waals surface area contributed by atoms with Gasteiger partial charge in [-0.3, -0.25) is 0 Å². The lowest BCUT2D eigenvalue weighted by atomic mass is 9.92. The quantitative estimate of drug-likeness (QED) is 0.664. The first-order valence-corrected chi connectivity index (χ1v) is 8.74. The molecule has 0 radical (unpaired) electrons. The van der Waals surface area contributed by atoms with Gasteiger partial charge in [0.25, 0.3) is 0 Å². The minimum absolute atomic E-state index is 0.124. The number of nitrogens with zero attached hydrogens (tertiary/aromatic N) is 1. The van der Waals surface area contributed by atoms with Crippen LogP contribution in [0.1, 0.15) is 25.0 Å². The van der Waals surface area contributed by atoms with Gasteiger partial charge in [-0.1, -0.05) is 18.2 Å². The molecule has 6 N–H and O–H groups in total. The van der Waals surface area contributed by atoms with E-state index >= 15 is 0 Å². The van der Waals surface area contributed by atoms with Crippen LogP contribution in [0.4, 0.5) is 5.82 Å². The maximum Gasteiger partial charge on any atom is 0.197 e. The van der Waals surface area contributed by atoms with Gasteiger partial charge in [-0.25, -0.2) is 8.42 Å². The van der Waals surface area contributed by atoms with Gasteiger partial charge >= 0.3 is 0 Å². The molecule has 1 aromatic heterocycles. The Morgan fingerprint density at radius 1 is 1.17 bits per heavy atom. The van der Waals surface area contributed by atoms with E-state index in [4.69, 9.17) is 11.5 Å². The number of guanidine groups is 1. The van der Waals surface area contributed by atoms with E-state index in [1.807, 2.05) is 0 Å². The second kappa shape index (κ2) is 5.10. The number of nitrogens with two attached hydrogens (primary N) is 2. The first kappa shape index (κ1) is 15.6. The summed E-state index contributed by atoms with van der Waals surface area (Å²) in [5, 5.41) is 2.36. The summed E-state index contributed by atoms with van der Waals surface area (Å²) < 4.78 is 25.4. The fourth-order valence-corrected chi connectivity index (χ4v) is 4.01. The zero-order valence-corrected chi connectivity index (χ0v) is 13.7. The standard InChI is InChI=1S/C15H19N5O2S/c1-9(2)23(21,22)12-6-4-3-5-10(12)15(17)11-7-8-18-13(11)19-14(16)20-15/h3-9,18H,17H2,1-2H3,(H3,16,19,20). The molecule has 0 saturated carbocycles. The van der Waals surface area contributed by atoms with E-state index in [1.165, 1.54) is 0 Å². The van der Waals surface area contributed by atoms with Crippen molar-refractivity contribution in [3.63, 3.8) is 0 Å². The summed E-state index contributed by atoms with van der Waals surface area (Å²) in [6, 6.07) is 8.45. The number of hydrogen-bond acceptors (Lipinski definition) is 6. The summed E-state index contributed by atoms with van der Waals surface area (Å²) in [4.78, 5) is 7.30. The van der Waals surface area contributed by atoms with Crippen molar-refractivity contribution in [1.29, 1.82) is 0 Å². The highest BCUT2D eigenvalue weighted by atomic mass is 32.2.